The van der Waals surface area contributed by atoms with Crippen LogP contribution >= 0.6 is 0 Å². The van der Waals surface area contributed by atoms with Crippen molar-refractivity contribution < 1.29 is 14.6 Å². The van der Waals surface area contributed by atoms with Crippen LogP contribution in [-0.2, 0) is 12.8 Å². The number of aryl methyl sites for hydroxylation is 1. The summed E-state index contributed by atoms with van der Waals surface area (Å²) >= 11 is 0. The number of aromatic amines is 1. The number of aromatic nitrogens is 4. The van der Waals surface area contributed by atoms with E-state index in [1.807, 2.05) is 12.1 Å². The standard InChI is InChI=1S/C22H18N4O4/c27-20-17-10-15(30-19-7-3-5-13-4-1-2-6-16(13)19)8-9-18(17)24-22(25-20)26-12-14(11-23-26)21(28)29/h3,5,7-12H,1-2,4,6H2,(H,28,29)(H,24,25,27). The van der Waals surface area contributed by atoms with Gasteiger partial charge in [0, 0.05) is 6.20 Å². The van der Waals surface area contributed by atoms with Crippen LogP contribution < -0.4 is 10.3 Å². The maximum Gasteiger partial charge on any atom is 0.338 e. The zero-order chi connectivity index (χ0) is 20.7. The molecule has 0 radical (unpaired) electrons. The first-order valence-electron chi connectivity index (χ1n) is 9.69. The van der Waals surface area contributed by atoms with Gasteiger partial charge in [0.1, 0.15) is 11.5 Å². The van der Waals surface area contributed by atoms with Gasteiger partial charge in [0.05, 0.1) is 22.7 Å². The van der Waals surface area contributed by atoms with Crippen LogP contribution in [0, 0.1) is 0 Å². The van der Waals surface area contributed by atoms with Crippen molar-refractivity contribution in [1.29, 1.82) is 0 Å². The molecule has 8 nitrogen and oxygen atoms in total. The number of ether oxygens (including phenoxy) is 1. The third-order valence-electron chi connectivity index (χ3n) is 5.29. The van der Waals surface area contributed by atoms with Crippen LogP contribution in [-0.4, -0.2) is 30.8 Å². The highest BCUT2D eigenvalue weighted by molar-refractivity contribution is 5.87. The molecular weight excluding hydrogens is 384 g/mol. The molecule has 1 aliphatic rings. The van der Waals surface area contributed by atoms with Gasteiger partial charge in [-0.05, 0) is 61.1 Å². The lowest BCUT2D eigenvalue weighted by Gasteiger charge is -2.19. The van der Waals surface area contributed by atoms with E-state index >= 15 is 0 Å². The van der Waals surface area contributed by atoms with Gasteiger partial charge in [-0.2, -0.15) is 5.10 Å². The molecule has 0 saturated heterocycles. The second-order valence-corrected chi connectivity index (χ2v) is 7.25. The average molecular weight is 402 g/mol. The summed E-state index contributed by atoms with van der Waals surface area (Å²) < 4.78 is 7.35. The second-order valence-electron chi connectivity index (χ2n) is 7.25. The number of aromatic carboxylic acids is 1. The van der Waals surface area contributed by atoms with E-state index in [4.69, 9.17) is 9.84 Å². The number of fused-ring (bicyclic) bond motifs is 2. The monoisotopic (exact) mass is 402 g/mol. The summed E-state index contributed by atoms with van der Waals surface area (Å²) in [5.41, 5.74) is 2.67. The van der Waals surface area contributed by atoms with Gasteiger partial charge in [-0.1, -0.05) is 12.1 Å². The molecule has 1 aliphatic carbocycles. The van der Waals surface area contributed by atoms with E-state index in [1.54, 1.807) is 18.2 Å². The molecular formula is C22H18N4O4. The molecule has 8 heteroatoms. The molecule has 0 atom stereocenters. The van der Waals surface area contributed by atoms with Crippen molar-refractivity contribution in [3.63, 3.8) is 0 Å². The molecule has 0 aliphatic heterocycles. The minimum atomic E-state index is -1.10. The predicted molar refractivity (Wildman–Crippen MR) is 110 cm³/mol. The van der Waals surface area contributed by atoms with Crippen molar-refractivity contribution in [1.82, 2.24) is 19.7 Å². The molecule has 2 N–H and O–H groups in total. The number of carbonyl (C=O) groups is 1. The second kappa shape index (κ2) is 7.14. The number of rotatable bonds is 4. The van der Waals surface area contributed by atoms with Gasteiger partial charge < -0.3 is 9.84 Å². The van der Waals surface area contributed by atoms with Gasteiger partial charge in [-0.15, -0.1) is 0 Å². The third kappa shape index (κ3) is 3.22. The van der Waals surface area contributed by atoms with Gasteiger partial charge in [0.15, 0.2) is 0 Å². The summed E-state index contributed by atoms with van der Waals surface area (Å²) in [6.45, 7) is 0. The number of benzene rings is 2. The maximum absolute atomic E-state index is 12.6. The molecule has 2 heterocycles. The van der Waals surface area contributed by atoms with Gasteiger partial charge in [-0.3, -0.25) is 9.78 Å². The van der Waals surface area contributed by atoms with Crippen LogP contribution in [0.15, 0.2) is 53.6 Å². The fraction of sp³-hybridized carbons (Fsp3) is 0.182. The summed E-state index contributed by atoms with van der Waals surface area (Å²) in [7, 11) is 0. The highest BCUT2D eigenvalue weighted by Gasteiger charge is 2.15. The summed E-state index contributed by atoms with van der Waals surface area (Å²) in [6, 6.07) is 11.2. The largest absolute Gasteiger partial charge is 0.478 e. The average Bonchev–Trinajstić information content (AvgIpc) is 3.25. The Hall–Kier alpha value is -3.94. The van der Waals surface area contributed by atoms with E-state index in [9.17, 15) is 9.59 Å². The smallest absolute Gasteiger partial charge is 0.338 e. The fourth-order valence-electron chi connectivity index (χ4n) is 3.80. The zero-order valence-corrected chi connectivity index (χ0v) is 16.0. The number of carboxylic acids is 1. The number of H-pyrrole nitrogens is 1. The zero-order valence-electron chi connectivity index (χ0n) is 16.0. The Bertz CT molecular complexity index is 1340. The Balaban J connectivity index is 1.50. The molecule has 30 heavy (non-hydrogen) atoms. The van der Waals surface area contributed by atoms with Crippen molar-refractivity contribution in [2.75, 3.05) is 0 Å². The van der Waals surface area contributed by atoms with Crippen LogP contribution in [0.1, 0.15) is 34.3 Å². The Labute approximate surface area is 170 Å². The third-order valence-corrected chi connectivity index (χ3v) is 5.29. The molecule has 5 rings (SSSR count). The van der Waals surface area contributed by atoms with Crippen molar-refractivity contribution in [2.24, 2.45) is 0 Å². The van der Waals surface area contributed by atoms with Gasteiger partial charge in [0.2, 0.25) is 5.95 Å². The lowest BCUT2D eigenvalue weighted by atomic mass is 9.91. The van der Waals surface area contributed by atoms with Crippen molar-refractivity contribution in [3.8, 4) is 17.4 Å². The SMILES string of the molecule is O=C(O)c1cnn(-c2nc3ccc(Oc4cccc5c4CCCC5)cc3c(=O)[nH]2)c1. The molecule has 2 aromatic carbocycles. The molecule has 2 aromatic heterocycles. The molecule has 0 bridgehead atoms. The fourth-order valence-corrected chi connectivity index (χ4v) is 3.80. The van der Waals surface area contributed by atoms with E-state index in [0.29, 0.717) is 16.7 Å². The first-order chi connectivity index (χ1) is 14.6. The first-order valence-corrected chi connectivity index (χ1v) is 9.69. The lowest BCUT2D eigenvalue weighted by molar-refractivity contribution is 0.0697. The van der Waals surface area contributed by atoms with E-state index in [1.165, 1.54) is 34.6 Å². The molecule has 150 valence electrons. The van der Waals surface area contributed by atoms with E-state index in [0.717, 1.165) is 25.0 Å². The van der Waals surface area contributed by atoms with Crippen molar-refractivity contribution in [2.45, 2.75) is 25.7 Å². The number of nitrogens with zero attached hydrogens (tertiary/aromatic N) is 3. The minimum absolute atomic E-state index is 0.00712. The molecule has 4 aromatic rings. The predicted octanol–water partition coefficient (Wildman–Crippen LogP) is 3.48. The topological polar surface area (TPSA) is 110 Å². The quantitative estimate of drug-likeness (QED) is 0.541. The molecule has 0 fully saturated rings. The van der Waals surface area contributed by atoms with Crippen LogP contribution in [0.4, 0.5) is 0 Å². The van der Waals surface area contributed by atoms with E-state index < -0.39 is 5.97 Å². The molecule has 0 amide bonds. The van der Waals surface area contributed by atoms with Crippen LogP contribution in [0.3, 0.4) is 0 Å². The van der Waals surface area contributed by atoms with Crippen LogP contribution in [0.25, 0.3) is 16.9 Å². The van der Waals surface area contributed by atoms with Crippen LogP contribution in [0.2, 0.25) is 0 Å². The summed E-state index contributed by atoms with van der Waals surface area (Å²) in [4.78, 5) is 30.7. The Morgan fingerprint density at radius 3 is 2.87 bits per heavy atom. The highest BCUT2D eigenvalue weighted by atomic mass is 16.5. The van der Waals surface area contributed by atoms with Crippen molar-refractivity contribution >= 4 is 16.9 Å². The minimum Gasteiger partial charge on any atom is -0.478 e. The number of hydrogen-bond acceptors (Lipinski definition) is 5. The number of nitrogens with one attached hydrogen (secondary N) is 1. The van der Waals surface area contributed by atoms with Gasteiger partial charge in [-0.25, -0.2) is 14.5 Å². The number of carboxylic acid groups (broad SMARTS) is 1. The molecule has 0 saturated carbocycles. The summed E-state index contributed by atoms with van der Waals surface area (Å²) in [6.07, 6.45) is 6.89. The molecule has 0 unspecified atom stereocenters. The Morgan fingerprint density at radius 1 is 1.17 bits per heavy atom. The summed E-state index contributed by atoms with van der Waals surface area (Å²) in [5.74, 6) is 0.430. The Morgan fingerprint density at radius 2 is 2.03 bits per heavy atom. The lowest BCUT2D eigenvalue weighted by Crippen LogP contribution is -2.14. The first kappa shape index (κ1) is 18.1. The Kier molecular flexibility index (Phi) is 4.31. The van der Waals surface area contributed by atoms with E-state index in [-0.39, 0.29) is 17.1 Å². The van der Waals surface area contributed by atoms with E-state index in [2.05, 4.69) is 21.1 Å². The number of hydrogen-bond donors (Lipinski definition) is 2. The van der Waals surface area contributed by atoms with Gasteiger partial charge >= 0.3 is 5.97 Å². The summed E-state index contributed by atoms with van der Waals surface area (Å²) in [5, 5.41) is 13.4. The van der Waals surface area contributed by atoms with Gasteiger partial charge in [0.25, 0.3) is 5.56 Å². The van der Waals surface area contributed by atoms with Crippen LogP contribution in [0.5, 0.6) is 11.5 Å². The van der Waals surface area contributed by atoms with Crippen molar-refractivity contribution in [3.05, 3.63) is 75.8 Å². The highest BCUT2D eigenvalue weighted by Crippen LogP contribution is 2.33. The maximum atomic E-state index is 12.6. The molecule has 0 spiro atoms. The normalized spacial score (nSPS) is 13.2.